The highest BCUT2D eigenvalue weighted by Crippen LogP contribution is 2.48. The zero-order chi connectivity index (χ0) is 13.8. The minimum absolute atomic E-state index is 0.229. The number of nitrogens with two attached hydrogens (primary N) is 1. The lowest BCUT2D eigenvalue weighted by molar-refractivity contribution is 0.124. The van der Waals surface area contributed by atoms with E-state index >= 15 is 0 Å². The molecule has 19 heavy (non-hydrogen) atoms. The lowest BCUT2D eigenvalue weighted by Gasteiger charge is -2.47. The number of rotatable bonds is 2. The maximum atomic E-state index is 6.44. The first-order chi connectivity index (χ1) is 8.88. The van der Waals surface area contributed by atoms with Crippen molar-refractivity contribution in [3.05, 3.63) is 23.0 Å². The van der Waals surface area contributed by atoms with Crippen molar-refractivity contribution in [2.75, 3.05) is 0 Å². The molecule has 2 aliphatic carbocycles. The van der Waals surface area contributed by atoms with Crippen LogP contribution < -0.4 is 5.73 Å². The van der Waals surface area contributed by atoms with Gasteiger partial charge in [0.15, 0.2) is 0 Å². The van der Waals surface area contributed by atoms with Gasteiger partial charge < -0.3 is 10.3 Å². The molecule has 3 rings (SSSR count). The van der Waals surface area contributed by atoms with E-state index in [1.165, 1.54) is 43.4 Å². The second kappa shape index (κ2) is 4.12. The van der Waals surface area contributed by atoms with Crippen LogP contribution in [-0.4, -0.2) is 4.57 Å². The van der Waals surface area contributed by atoms with Crippen molar-refractivity contribution in [2.24, 2.45) is 11.1 Å². The Morgan fingerprint density at radius 1 is 1.37 bits per heavy atom. The molecule has 1 unspecified atom stereocenters. The molecule has 106 valence electrons. The summed E-state index contributed by atoms with van der Waals surface area (Å²) in [5.74, 6) is 0. The van der Waals surface area contributed by atoms with Gasteiger partial charge in [0.25, 0.3) is 0 Å². The fourth-order valence-corrected chi connectivity index (χ4v) is 4.43. The fraction of sp³-hybridized carbons (Fsp3) is 0.765. The van der Waals surface area contributed by atoms with Crippen LogP contribution in [-0.2, 0) is 12.0 Å². The van der Waals surface area contributed by atoms with Crippen molar-refractivity contribution < 1.29 is 0 Å². The molecule has 0 aliphatic heterocycles. The second-order valence-electron chi connectivity index (χ2n) is 7.61. The first kappa shape index (κ1) is 13.2. The van der Waals surface area contributed by atoms with Crippen LogP contribution in [0.5, 0.6) is 0 Å². The van der Waals surface area contributed by atoms with Gasteiger partial charge in [-0.15, -0.1) is 0 Å². The average Bonchev–Trinajstić information content (AvgIpc) is 2.55. The molecule has 0 amide bonds. The van der Waals surface area contributed by atoms with Crippen LogP contribution in [0.15, 0.2) is 6.07 Å². The van der Waals surface area contributed by atoms with Gasteiger partial charge in [-0.1, -0.05) is 20.8 Å². The van der Waals surface area contributed by atoms with Crippen LogP contribution in [0.4, 0.5) is 0 Å². The predicted octanol–water partition coefficient (Wildman–Crippen LogP) is 4.06. The van der Waals surface area contributed by atoms with Crippen LogP contribution in [0.1, 0.15) is 75.9 Å². The molecular weight excluding hydrogens is 232 g/mol. The van der Waals surface area contributed by atoms with E-state index in [1.807, 2.05) is 0 Å². The Labute approximate surface area is 117 Å². The Morgan fingerprint density at radius 2 is 2.05 bits per heavy atom. The van der Waals surface area contributed by atoms with E-state index in [1.54, 1.807) is 5.69 Å². The highest BCUT2D eigenvalue weighted by molar-refractivity contribution is 5.36. The van der Waals surface area contributed by atoms with Gasteiger partial charge in [-0.2, -0.15) is 0 Å². The third-order valence-electron chi connectivity index (χ3n) is 5.55. The Balaban J connectivity index is 2.12. The predicted molar refractivity (Wildman–Crippen MR) is 80.3 cm³/mol. The highest BCUT2D eigenvalue weighted by Gasteiger charge is 2.42. The van der Waals surface area contributed by atoms with Gasteiger partial charge in [0.2, 0.25) is 0 Å². The molecule has 2 heteroatoms. The first-order valence-electron chi connectivity index (χ1n) is 7.86. The van der Waals surface area contributed by atoms with E-state index in [2.05, 4.69) is 38.3 Å². The van der Waals surface area contributed by atoms with Gasteiger partial charge in [0.1, 0.15) is 0 Å². The molecule has 1 heterocycles. The molecule has 1 saturated carbocycles. The van der Waals surface area contributed by atoms with E-state index in [0.717, 1.165) is 6.42 Å². The minimum atomic E-state index is 0.229. The lowest BCUT2D eigenvalue weighted by Crippen LogP contribution is -2.43. The van der Waals surface area contributed by atoms with Crippen molar-refractivity contribution in [2.45, 2.75) is 77.8 Å². The molecule has 2 aliphatic rings. The summed E-state index contributed by atoms with van der Waals surface area (Å²) in [6.07, 6.45) is 7.64. The molecule has 2 N–H and O–H groups in total. The molecule has 0 aromatic carbocycles. The van der Waals surface area contributed by atoms with Crippen LogP contribution in [0, 0.1) is 12.3 Å². The van der Waals surface area contributed by atoms with E-state index < -0.39 is 0 Å². The lowest BCUT2D eigenvalue weighted by atomic mass is 9.72. The monoisotopic (exact) mass is 260 g/mol. The van der Waals surface area contributed by atoms with Crippen LogP contribution >= 0.6 is 0 Å². The van der Waals surface area contributed by atoms with E-state index in [-0.39, 0.29) is 6.04 Å². The molecule has 0 radical (unpaired) electrons. The summed E-state index contributed by atoms with van der Waals surface area (Å²) >= 11 is 0. The number of nitrogens with zero attached hydrogens (tertiary/aromatic N) is 1. The number of hydrogen-bond acceptors (Lipinski definition) is 1. The molecular formula is C17H28N2. The minimum Gasteiger partial charge on any atom is -0.343 e. The third-order valence-corrected chi connectivity index (χ3v) is 5.55. The average molecular weight is 260 g/mol. The summed E-state index contributed by atoms with van der Waals surface area (Å²) < 4.78 is 2.67. The first-order valence-corrected chi connectivity index (χ1v) is 7.86. The number of hydrogen-bond donors (Lipinski definition) is 1. The number of aromatic nitrogens is 1. The SMILES string of the molecule is CCC1(n2c(C)cc3c2CC(C)(C)CC3N)CCC1. The van der Waals surface area contributed by atoms with Gasteiger partial charge in [-0.3, -0.25) is 0 Å². The Bertz CT molecular complexity index is 486. The topological polar surface area (TPSA) is 30.9 Å². The normalized spacial score (nSPS) is 27.7. The molecule has 0 spiro atoms. The maximum Gasteiger partial charge on any atom is 0.0442 e. The zero-order valence-electron chi connectivity index (χ0n) is 12.9. The van der Waals surface area contributed by atoms with Crippen LogP contribution in [0.3, 0.4) is 0 Å². The molecule has 2 nitrogen and oxygen atoms in total. The standard InChI is InChI=1S/C17H28N2/c1-5-17(7-6-8-17)19-12(2)9-13-14(18)10-16(3,4)11-15(13)19/h9,14H,5-8,10-11,18H2,1-4H3. The largest absolute Gasteiger partial charge is 0.343 e. The summed E-state index contributed by atoms with van der Waals surface area (Å²) in [5, 5.41) is 0. The number of fused-ring (bicyclic) bond motifs is 1. The van der Waals surface area contributed by atoms with Gasteiger partial charge in [-0.05, 0) is 62.5 Å². The van der Waals surface area contributed by atoms with Crippen LogP contribution in [0.25, 0.3) is 0 Å². The van der Waals surface area contributed by atoms with Crippen molar-refractivity contribution in [3.63, 3.8) is 0 Å². The van der Waals surface area contributed by atoms with Crippen molar-refractivity contribution in [3.8, 4) is 0 Å². The Hall–Kier alpha value is -0.760. The van der Waals surface area contributed by atoms with Gasteiger partial charge in [0.05, 0.1) is 0 Å². The molecule has 0 bridgehead atoms. The maximum absolute atomic E-state index is 6.44. The molecule has 1 fully saturated rings. The fourth-order valence-electron chi connectivity index (χ4n) is 4.43. The quantitative estimate of drug-likeness (QED) is 0.854. The van der Waals surface area contributed by atoms with Crippen molar-refractivity contribution in [1.29, 1.82) is 0 Å². The van der Waals surface area contributed by atoms with E-state index in [4.69, 9.17) is 5.73 Å². The number of aryl methyl sites for hydroxylation is 1. The van der Waals surface area contributed by atoms with Crippen LogP contribution in [0.2, 0.25) is 0 Å². The van der Waals surface area contributed by atoms with Gasteiger partial charge in [-0.25, -0.2) is 0 Å². The molecule has 0 saturated heterocycles. The van der Waals surface area contributed by atoms with Crippen molar-refractivity contribution in [1.82, 2.24) is 4.57 Å². The smallest absolute Gasteiger partial charge is 0.0442 e. The van der Waals surface area contributed by atoms with E-state index in [9.17, 15) is 0 Å². The third kappa shape index (κ3) is 1.87. The molecule has 1 aromatic heterocycles. The summed E-state index contributed by atoms with van der Waals surface area (Å²) in [6.45, 7) is 9.34. The summed E-state index contributed by atoms with van der Waals surface area (Å²) in [6, 6.07) is 2.60. The zero-order valence-corrected chi connectivity index (χ0v) is 12.9. The summed E-state index contributed by atoms with van der Waals surface area (Å²) in [7, 11) is 0. The second-order valence-corrected chi connectivity index (χ2v) is 7.61. The summed E-state index contributed by atoms with van der Waals surface area (Å²) in [4.78, 5) is 0. The van der Waals surface area contributed by atoms with Crippen molar-refractivity contribution >= 4 is 0 Å². The Kier molecular flexibility index (Phi) is 2.87. The molecule has 1 aromatic rings. The summed E-state index contributed by atoms with van der Waals surface area (Å²) in [5.41, 5.74) is 11.6. The highest BCUT2D eigenvalue weighted by atomic mass is 15.1. The Morgan fingerprint density at radius 3 is 2.58 bits per heavy atom. The van der Waals surface area contributed by atoms with Gasteiger partial charge in [0, 0.05) is 23.0 Å². The van der Waals surface area contributed by atoms with E-state index in [0.29, 0.717) is 11.0 Å². The van der Waals surface area contributed by atoms with Gasteiger partial charge >= 0.3 is 0 Å². The molecule has 1 atom stereocenters.